The first-order valence-electron chi connectivity index (χ1n) is 9.17. The summed E-state index contributed by atoms with van der Waals surface area (Å²) in [6, 6.07) is 5.48. The van der Waals surface area contributed by atoms with Crippen molar-refractivity contribution in [1.82, 2.24) is 14.5 Å². The number of hydrogen-bond acceptors (Lipinski definition) is 4. The van der Waals surface area contributed by atoms with Crippen molar-refractivity contribution in [2.24, 2.45) is 0 Å². The molecule has 7 nitrogen and oxygen atoms in total. The highest BCUT2D eigenvalue weighted by molar-refractivity contribution is 7.89. The highest BCUT2D eigenvalue weighted by atomic mass is 32.2. The van der Waals surface area contributed by atoms with Crippen LogP contribution in [0, 0.1) is 5.82 Å². The van der Waals surface area contributed by atoms with Gasteiger partial charge in [-0.2, -0.15) is 4.31 Å². The summed E-state index contributed by atoms with van der Waals surface area (Å²) >= 11 is 5.44. The van der Waals surface area contributed by atoms with Gasteiger partial charge in [0, 0.05) is 26.2 Å². The Morgan fingerprint density at radius 2 is 1.85 bits per heavy atom. The van der Waals surface area contributed by atoms with E-state index in [1.54, 1.807) is 0 Å². The van der Waals surface area contributed by atoms with Gasteiger partial charge in [0.05, 0.1) is 26.3 Å². The van der Waals surface area contributed by atoms with E-state index in [0.717, 1.165) is 39.4 Å². The molecule has 2 N–H and O–H groups in total. The lowest BCUT2D eigenvalue weighted by Crippen LogP contribution is -3.14. The molecule has 2 aliphatic heterocycles. The maximum absolute atomic E-state index is 13.9. The molecule has 150 valence electrons. The van der Waals surface area contributed by atoms with Crippen molar-refractivity contribution in [1.29, 1.82) is 0 Å². The van der Waals surface area contributed by atoms with Gasteiger partial charge >= 0.3 is 0 Å². The Labute approximate surface area is 165 Å². The van der Waals surface area contributed by atoms with Crippen LogP contribution in [-0.2, 0) is 14.8 Å². The van der Waals surface area contributed by atoms with Crippen LogP contribution in [0.2, 0.25) is 0 Å². The minimum Gasteiger partial charge on any atom is -0.370 e. The van der Waals surface area contributed by atoms with E-state index in [1.807, 2.05) is 4.90 Å². The largest absolute Gasteiger partial charge is 0.370 e. The number of sulfonamides is 1. The van der Waals surface area contributed by atoms with Gasteiger partial charge in [-0.15, -0.1) is 0 Å². The van der Waals surface area contributed by atoms with Gasteiger partial charge in [0.1, 0.15) is 23.8 Å². The summed E-state index contributed by atoms with van der Waals surface area (Å²) in [4.78, 5) is 3.20. The number of nitrogens with zero attached hydrogens (tertiary/aromatic N) is 2. The van der Waals surface area contributed by atoms with Crippen molar-refractivity contribution in [3.63, 3.8) is 0 Å². The van der Waals surface area contributed by atoms with Crippen LogP contribution in [0.4, 0.5) is 4.39 Å². The first-order chi connectivity index (χ1) is 13.0. The van der Waals surface area contributed by atoms with Crippen LogP contribution in [0.3, 0.4) is 0 Å². The summed E-state index contributed by atoms with van der Waals surface area (Å²) in [7, 11) is -3.82. The van der Waals surface area contributed by atoms with Crippen LogP contribution >= 0.6 is 12.2 Å². The Hall–Kier alpha value is -1.33. The number of quaternary nitrogens is 1. The SMILES string of the molecule is O=S(=O)(c1ccccc1F)N1CCN(C(=S)NCC[NH+]2CCOCC2)CC1. The number of hydrogen-bond donors (Lipinski definition) is 2. The molecule has 2 heterocycles. The fourth-order valence-corrected chi connectivity index (χ4v) is 5.06. The quantitative estimate of drug-likeness (QED) is 0.595. The Morgan fingerprint density at radius 1 is 1.19 bits per heavy atom. The normalized spacial score (nSPS) is 19.8. The number of morpholine rings is 1. The molecular formula is C17H26FN4O3S2+. The number of piperazine rings is 1. The van der Waals surface area contributed by atoms with E-state index in [1.165, 1.54) is 33.5 Å². The Bertz CT molecular complexity index is 748. The molecule has 0 saturated carbocycles. The molecule has 2 fully saturated rings. The van der Waals surface area contributed by atoms with Crippen LogP contribution < -0.4 is 10.2 Å². The van der Waals surface area contributed by atoms with Crippen molar-refractivity contribution in [3.8, 4) is 0 Å². The molecule has 0 atom stereocenters. The van der Waals surface area contributed by atoms with Crippen LogP contribution in [0.25, 0.3) is 0 Å². The first-order valence-corrected chi connectivity index (χ1v) is 11.0. The van der Waals surface area contributed by atoms with Crippen LogP contribution in [-0.4, -0.2) is 88.3 Å². The Morgan fingerprint density at radius 3 is 2.52 bits per heavy atom. The molecule has 27 heavy (non-hydrogen) atoms. The van der Waals surface area contributed by atoms with Crippen molar-refractivity contribution >= 4 is 27.4 Å². The molecule has 0 amide bonds. The third-order valence-corrected chi connectivity index (χ3v) is 7.27. The zero-order chi connectivity index (χ0) is 19.3. The lowest BCUT2D eigenvalue weighted by molar-refractivity contribution is -0.906. The molecular weight excluding hydrogens is 391 g/mol. The number of nitrogens with one attached hydrogen (secondary N) is 2. The molecule has 2 saturated heterocycles. The molecule has 0 aliphatic carbocycles. The minimum absolute atomic E-state index is 0.271. The Balaban J connectivity index is 1.46. The van der Waals surface area contributed by atoms with Gasteiger partial charge in [0.2, 0.25) is 10.0 Å². The number of halogens is 1. The van der Waals surface area contributed by atoms with Gasteiger partial charge in [-0.05, 0) is 24.4 Å². The average molecular weight is 418 g/mol. The summed E-state index contributed by atoms with van der Waals surface area (Å²) in [6.07, 6.45) is 0. The summed E-state index contributed by atoms with van der Waals surface area (Å²) < 4.78 is 45.8. The zero-order valence-electron chi connectivity index (χ0n) is 15.2. The third kappa shape index (κ3) is 5.14. The van der Waals surface area contributed by atoms with Gasteiger partial charge in [0.15, 0.2) is 5.11 Å². The van der Waals surface area contributed by atoms with Crippen molar-refractivity contribution in [2.45, 2.75) is 4.90 Å². The molecule has 3 rings (SSSR count). The maximum Gasteiger partial charge on any atom is 0.246 e. The fraction of sp³-hybridized carbons (Fsp3) is 0.588. The van der Waals surface area contributed by atoms with E-state index in [0.29, 0.717) is 18.2 Å². The van der Waals surface area contributed by atoms with Crippen molar-refractivity contribution < 1.29 is 22.4 Å². The van der Waals surface area contributed by atoms with E-state index in [2.05, 4.69) is 5.32 Å². The Kier molecular flexibility index (Phi) is 6.99. The summed E-state index contributed by atoms with van der Waals surface area (Å²) in [5, 5.41) is 3.91. The molecule has 2 aliphatic rings. The molecule has 0 radical (unpaired) electrons. The van der Waals surface area contributed by atoms with E-state index in [4.69, 9.17) is 17.0 Å². The van der Waals surface area contributed by atoms with E-state index < -0.39 is 15.8 Å². The van der Waals surface area contributed by atoms with Crippen LogP contribution in [0.15, 0.2) is 29.2 Å². The number of benzene rings is 1. The standard InChI is InChI=1S/C17H25FN4O3S2/c18-15-3-1-2-4-16(15)27(23,24)22-9-7-21(8-10-22)17(26)19-5-6-20-11-13-25-14-12-20/h1-4H,5-14H2,(H,19,26)/p+1. The molecule has 1 aromatic carbocycles. The van der Waals surface area contributed by atoms with Crippen molar-refractivity contribution in [2.75, 3.05) is 65.6 Å². The van der Waals surface area contributed by atoms with E-state index in [-0.39, 0.29) is 18.0 Å². The monoisotopic (exact) mass is 417 g/mol. The van der Waals surface area contributed by atoms with Gasteiger partial charge < -0.3 is 19.9 Å². The number of thiocarbonyl (C=S) groups is 1. The molecule has 0 bridgehead atoms. The van der Waals surface area contributed by atoms with Crippen molar-refractivity contribution in [3.05, 3.63) is 30.1 Å². The van der Waals surface area contributed by atoms with E-state index >= 15 is 0 Å². The molecule has 0 unspecified atom stereocenters. The molecule has 1 aromatic rings. The highest BCUT2D eigenvalue weighted by Crippen LogP contribution is 2.20. The zero-order valence-corrected chi connectivity index (χ0v) is 16.8. The second-order valence-corrected chi connectivity index (χ2v) is 8.96. The summed E-state index contributed by atoms with van der Waals surface area (Å²) in [6.45, 7) is 6.94. The van der Waals surface area contributed by atoms with E-state index in [9.17, 15) is 12.8 Å². The summed E-state index contributed by atoms with van der Waals surface area (Å²) in [5.41, 5.74) is 0. The second-order valence-electron chi connectivity index (χ2n) is 6.67. The topological polar surface area (TPSA) is 66.3 Å². The first kappa shape index (κ1) is 20.4. The van der Waals surface area contributed by atoms with Gasteiger partial charge in [-0.1, -0.05) is 12.1 Å². The number of rotatable bonds is 5. The highest BCUT2D eigenvalue weighted by Gasteiger charge is 2.31. The smallest absolute Gasteiger partial charge is 0.246 e. The third-order valence-electron chi connectivity index (χ3n) is 4.94. The predicted octanol–water partition coefficient (Wildman–Crippen LogP) is -1.08. The molecule has 10 heteroatoms. The predicted molar refractivity (Wildman–Crippen MR) is 104 cm³/mol. The van der Waals surface area contributed by atoms with Gasteiger partial charge in [0.25, 0.3) is 0 Å². The van der Waals surface area contributed by atoms with Crippen LogP contribution in [0.1, 0.15) is 0 Å². The average Bonchev–Trinajstić information content (AvgIpc) is 2.69. The minimum atomic E-state index is -3.82. The lowest BCUT2D eigenvalue weighted by Gasteiger charge is -2.35. The summed E-state index contributed by atoms with van der Waals surface area (Å²) in [5.74, 6) is -0.720. The fourth-order valence-electron chi connectivity index (χ4n) is 3.29. The second kappa shape index (κ2) is 9.24. The van der Waals surface area contributed by atoms with Gasteiger partial charge in [-0.3, -0.25) is 0 Å². The van der Waals surface area contributed by atoms with Gasteiger partial charge in [-0.25, -0.2) is 12.8 Å². The maximum atomic E-state index is 13.9. The lowest BCUT2D eigenvalue weighted by atomic mass is 10.3. The molecule has 0 spiro atoms. The number of ether oxygens (including phenoxy) is 1. The molecule has 0 aromatic heterocycles. The van der Waals surface area contributed by atoms with Crippen LogP contribution in [0.5, 0.6) is 0 Å².